The molecule has 1 heterocycles. The Morgan fingerprint density at radius 2 is 1.66 bits per heavy atom. The highest BCUT2D eigenvalue weighted by Gasteiger charge is 2.21. The second-order valence-electron chi connectivity index (χ2n) is 7.13. The van der Waals surface area contributed by atoms with Gasteiger partial charge in [0.05, 0.1) is 13.5 Å². The Labute approximate surface area is 171 Å². The number of carbonyl (C=O) groups is 2. The van der Waals surface area contributed by atoms with Gasteiger partial charge in [-0.3, -0.25) is 14.5 Å². The molecule has 0 aliphatic carbocycles. The Morgan fingerprint density at radius 1 is 1.00 bits per heavy atom. The van der Waals surface area contributed by atoms with Crippen LogP contribution in [0.5, 0.6) is 5.75 Å². The smallest absolute Gasteiger partial charge is 0.251 e. The van der Waals surface area contributed by atoms with Crippen LogP contribution in [-0.4, -0.2) is 68.0 Å². The van der Waals surface area contributed by atoms with Gasteiger partial charge in [0.15, 0.2) is 0 Å². The highest BCUT2D eigenvalue weighted by Crippen LogP contribution is 2.11. The Bertz CT molecular complexity index is 813. The average Bonchev–Trinajstić information content (AvgIpc) is 2.75. The van der Waals surface area contributed by atoms with Gasteiger partial charge in [-0.2, -0.15) is 0 Å². The number of nitrogens with one attached hydrogen (secondary N) is 1. The minimum Gasteiger partial charge on any atom is -0.497 e. The van der Waals surface area contributed by atoms with Crippen LogP contribution >= 0.6 is 0 Å². The molecule has 2 amide bonds. The van der Waals surface area contributed by atoms with Crippen molar-refractivity contribution in [2.75, 3.05) is 52.1 Å². The highest BCUT2D eigenvalue weighted by molar-refractivity contribution is 5.94. The summed E-state index contributed by atoms with van der Waals surface area (Å²) in [7, 11) is 1.60. The molecule has 1 aliphatic rings. The molecule has 29 heavy (non-hydrogen) atoms. The van der Waals surface area contributed by atoms with E-state index in [4.69, 9.17) is 10.5 Å². The molecule has 0 spiro atoms. The maximum atomic E-state index is 12.5. The minimum atomic E-state index is -0.0926. The molecule has 7 nitrogen and oxygen atoms in total. The molecule has 1 aliphatic heterocycles. The van der Waals surface area contributed by atoms with Gasteiger partial charge in [-0.05, 0) is 42.0 Å². The lowest BCUT2D eigenvalue weighted by atomic mass is 10.1. The summed E-state index contributed by atoms with van der Waals surface area (Å²) in [5.41, 5.74) is 7.98. The monoisotopic (exact) mass is 396 g/mol. The van der Waals surface area contributed by atoms with Crippen molar-refractivity contribution in [1.82, 2.24) is 15.1 Å². The number of ether oxygens (including phenoxy) is 1. The standard InChI is InChI=1S/C22H28N4O3/c1-29-20-8-4-18(5-9-20)22(28)24-10-11-25-12-14-26(15-13-25)21(27)16-17-2-6-19(23)7-3-17/h2-9H,10-16,23H2,1H3,(H,24,28). The van der Waals surface area contributed by atoms with Gasteiger partial charge in [0.2, 0.25) is 5.91 Å². The van der Waals surface area contributed by atoms with Crippen LogP contribution in [0, 0.1) is 0 Å². The highest BCUT2D eigenvalue weighted by atomic mass is 16.5. The van der Waals surface area contributed by atoms with Crippen LogP contribution in [-0.2, 0) is 11.2 Å². The van der Waals surface area contributed by atoms with E-state index >= 15 is 0 Å². The molecule has 1 saturated heterocycles. The third kappa shape index (κ3) is 5.96. The normalized spacial score (nSPS) is 14.4. The summed E-state index contributed by atoms with van der Waals surface area (Å²) < 4.78 is 5.10. The molecular weight excluding hydrogens is 368 g/mol. The first-order valence-corrected chi connectivity index (χ1v) is 9.82. The molecule has 0 saturated carbocycles. The molecule has 2 aromatic carbocycles. The fourth-order valence-electron chi connectivity index (χ4n) is 3.31. The van der Waals surface area contributed by atoms with Gasteiger partial charge < -0.3 is 20.7 Å². The molecular formula is C22H28N4O3. The molecule has 0 atom stereocenters. The summed E-state index contributed by atoms with van der Waals surface area (Å²) in [4.78, 5) is 28.8. The van der Waals surface area contributed by atoms with Gasteiger partial charge in [0.1, 0.15) is 5.75 Å². The van der Waals surface area contributed by atoms with Crippen molar-refractivity contribution >= 4 is 17.5 Å². The van der Waals surface area contributed by atoms with Crippen molar-refractivity contribution < 1.29 is 14.3 Å². The second-order valence-corrected chi connectivity index (χ2v) is 7.13. The quantitative estimate of drug-likeness (QED) is 0.691. The van der Waals surface area contributed by atoms with Crippen LogP contribution < -0.4 is 15.8 Å². The molecule has 7 heteroatoms. The molecule has 154 valence electrons. The summed E-state index contributed by atoms with van der Waals surface area (Å²) >= 11 is 0. The van der Waals surface area contributed by atoms with E-state index in [-0.39, 0.29) is 11.8 Å². The van der Waals surface area contributed by atoms with E-state index in [9.17, 15) is 9.59 Å². The molecule has 0 radical (unpaired) electrons. The number of rotatable bonds is 7. The van der Waals surface area contributed by atoms with E-state index in [0.717, 1.165) is 30.9 Å². The summed E-state index contributed by atoms with van der Waals surface area (Å²) in [5, 5.41) is 2.94. The van der Waals surface area contributed by atoms with Crippen LogP contribution in [0.4, 0.5) is 5.69 Å². The van der Waals surface area contributed by atoms with Gasteiger partial charge in [-0.1, -0.05) is 12.1 Å². The first-order chi connectivity index (χ1) is 14.0. The number of anilines is 1. The molecule has 2 aromatic rings. The van der Waals surface area contributed by atoms with Crippen LogP contribution in [0.1, 0.15) is 15.9 Å². The van der Waals surface area contributed by atoms with Crippen molar-refractivity contribution in [2.45, 2.75) is 6.42 Å². The SMILES string of the molecule is COc1ccc(C(=O)NCCN2CCN(C(=O)Cc3ccc(N)cc3)CC2)cc1. The molecule has 0 aromatic heterocycles. The Hall–Kier alpha value is -3.06. The first-order valence-electron chi connectivity index (χ1n) is 9.82. The number of amides is 2. The lowest BCUT2D eigenvalue weighted by Gasteiger charge is -2.34. The number of hydrogen-bond acceptors (Lipinski definition) is 5. The average molecular weight is 396 g/mol. The number of methoxy groups -OCH3 is 1. The summed E-state index contributed by atoms with van der Waals surface area (Å²) in [6, 6.07) is 14.5. The molecule has 0 bridgehead atoms. The van der Waals surface area contributed by atoms with Gasteiger partial charge >= 0.3 is 0 Å². The van der Waals surface area contributed by atoms with Gasteiger partial charge in [-0.25, -0.2) is 0 Å². The predicted molar refractivity (Wildman–Crippen MR) is 113 cm³/mol. The Balaban J connectivity index is 1.36. The van der Waals surface area contributed by atoms with Crippen LogP contribution in [0.2, 0.25) is 0 Å². The Kier molecular flexibility index (Phi) is 7.08. The third-order valence-electron chi connectivity index (χ3n) is 5.13. The fraction of sp³-hybridized carbons (Fsp3) is 0.364. The number of nitrogens with zero attached hydrogens (tertiary/aromatic N) is 2. The molecule has 1 fully saturated rings. The van der Waals surface area contributed by atoms with Crippen LogP contribution in [0.25, 0.3) is 0 Å². The van der Waals surface area contributed by atoms with Crippen molar-refractivity contribution in [3.05, 3.63) is 59.7 Å². The molecule has 3 N–H and O–H groups in total. The lowest BCUT2D eigenvalue weighted by Crippen LogP contribution is -2.50. The number of benzene rings is 2. The van der Waals surface area contributed by atoms with Gasteiger partial charge in [0.25, 0.3) is 5.91 Å². The predicted octanol–water partition coefficient (Wildman–Crippen LogP) is 1.39. The largest absolute Gasteiger partial charge is 0.497 e. The van der Waals surface area contributed by atoms with E-state index in [1.54, 1.807) is 31.4 Å². The van der Waals surface area contributed by atoms with Crippen molar-refractivity contribution in [2.24, 2.45) is 0 Å². The summed E-state index contributed by atoms with van der Waals surface area (Å²) in [6.07, 6.45) is 0.401. The summed E-state index contributed by atoms with van der Waals surface area (Å²) in [6.45, 7) is 4.38. The van der Waals surface area contributed by atoms with Crippen molar-refractivity contribution in [3.63, 3.8) is 0 Å². The minimum absolute atomic E-state index is 0.0926. The van der Waals surface area contributed by atoms with Crippen LogP contribution in [0.15, 0.2) is 48.5 Å². The van der Waals surface area contributed by atoms with Crippen LogP contribution in [0.3, 0.4) is 0 Å². The van der Waals surface area contributed by atoms with Gasteiger partial charge in [0, 0.05) is 50.5 Å². The van der Waals surface area contributed by atoms with Gasteiger partial charge in [-0.15, -0.1) is 0 Å². The number of piperazine rings is 1. The molecule has 0 unspecified atom stereocenters. The number of carbonyl (C=O) groups excluding carboxylic acids is 2. The van der Waals surface area contributed by atoms with E-state index in [0.29, 0.717) is 37.3 Å². The fourth-order valence-corrected chi connectivity index (χ4v) is 3.31. The summed E-state index contributed by atoms with van der Waals surface area (Å²) in [5.74, 6) is 0.776. The number of nitrogen functional groups attached to an aromatic ring is 1. The second kappa shape index (κ2) is 9.93. The Morgan fingerprint density at radius 3 is 2.28 bits per heavy atom. The number of nitrogens with two attached hydrogens (primary N) is 1. The van der Waals surface area contributed by atoms with E-state index in [2.05, 4.69) is 10.2 Å². The topological polar surface area (TPSA) is 87.9 Å². The van der Waals surface area contributed by atoms with E-state index in [1.165, 1.54) is 0 Å². The molecule has 3 rings (SSSR count). The zero-order valence-electron chi connectivity index (χ0n) is 16.8. The maximum Gasteiger partial charge on any atom is 0.251 e. The van der Waals surface area contributed by atoms with Crippen molar-refractivity contribution in [3.8, 4) is 5.75 Å². The van der Waals surface area contributed by atoms with E-state index < -0.39 is 0 Å². The zero-order chi connectivity index (χ0) is 20.6. The third-order valence-corrected chi connectivity index (χ3v) is 5.13. The maximum absolute atomic E-state index is 12.5. The first kappa shape index (κ1) is 20.7. The van der Waals surface area contributed by atoms with E-state index in [1.807, 2.05) is 29.2 Å². The van der Waals surface area contributed by atoms with Crippen molar-refractivity contribution in [1.29, 1.82) is 0 Å². The number of hydrogen-bond donors (Lipinski definition) is 2. The zero-order valence-corrected chi connectivity index (χ0v) is 16.8. The lowest BCUT2D eigenvalue weighted by molar-refractivity contribution is -0.132.